The second-order valence-corrected chi connectivity index (χ2v) is 5.98. The van der Waals surface area contributed by atoms with Crippen LogP contribution in [-0.4, -0.2) is 42.1 Å². The molecule has 5 nitrogen and oxygen atoms in total. The van der Waals surface area contributed by atoms with E-state index in [4.69, 9.17) is 0 Å². The van der Waals surface area contributed by atoms with Crippen LogP contribution in [0.4, 0.5) is 0 Å². The van der Waals surface area contributed by atoms with Gasteiger partial charge in [-0.05, 0) is 19.8 Å². The van der Waals surface area contributed by atoms with Crippen molar-refractivity contribution in [3.63, 3.8) is 0 Å². The van der Waals surface area contributed by atoms with Gasteiger partial charge in [-0.25, -0.2) is 0 Å². The van der Waals surface area contributed by atoms with Crippen molar-refractivity contribution in [1.82, 2.24) is 10.2 Å². The third-order valence-electron chi connectivity index (χ3n) is 4.07. The number of likely N-dealkylation sites (tertiary alicyclic amines) is 1. The van der Waals surface area contributed by atoms with Crippen LogP contribution in [-0.2, 0) is 9.59 Å². The third kappa shape index (κ3) is 5.51. The van der Waals surface area contributed by atoms with Crippen molar-refractivity contribution < 1.29 is 14.4 Å². The highest BCUT2D eigenvalue weighted by Gasteiger charge is 2.17. The van der Waals surface area contributed by atoms with Gasteiger partial charge in [0.25, 0.3) is 0 Å². The Kier molecular flexibility index (Phi) is 6.32. The van der Waals surface area contributed by atoms with Crippen molar-refractivity contribution in [2.45, 2.75) is 39.0 Å². The van der Waals surface area contributed by atoms with Crippen LogP contribution in [0.15, 0.2) is 24.3 Å². The predicted molar refractivity (Wildman–Crippen MR) is 88.2 cm³/mol. The van der Waals surface area contributed by atoms with Gasteiger partial charge in [-0.15, -0.1) is 0 Å². The molecule has 0 saturated carbocycles. The molecule has 1 aliphatic heterocycles. The molecule has 1 N–H and O–H groups in total. The molecule has 0 atom stereocenters. The van der Waals surface area contributed by atoms with Crippen molar-refractivity contribution >= 4 is 17.6 Å². The lowest BCUT2D eigenvalue weighted by molar-refractivity contribution is -0.130. The largest absolute Gasteiger partial charge is 0.356 e. The lowest BCUT2D eigenvalue weighted by atomic mass is 10.1. The van der Waals surface area contributed by atoms with Crippen LogP contribution in [0.1, 0.15) is 48.0 Å². The Hall–Kier alpha value is -2.17. The minimum atomic E-state index is -0.181. The maximum Gasteiger partial charge on any atom is 0.224 e. The van der Waals surface area contributed by atoms with Crippen molar-refractivity contribution in [3.05, 3.63) is 35.4 Å². The number of nitrogens with zero attached hydrogens (tertiary/aromatic N) is 1. The second-order valence-electron chi connectivity index (χ2n) is 5.98. The molecule has 0 aromatic heterocycles. The molecule has 0 unspecified atom stereocenters. The Morgan fingerprint density at radius 2 is 1.65 bits per heavy atom. The minimum Gasteiger partial charge on any atom is -0.356 e. The van der Waals surface area contributed by atoms with E-state index >= 15 is 0 Å². The highest BCUT2D eigenvalue weighted by molar-refractivity contribution is 5.98. The monoisotopic (exact) mass is 316 g/mol. The molecular formula is C18H24N2O3. The van der Waals surface area contributed by atoms with Crippen LogP contribution in [0.25, 0.3) is 0 Å². The predicted octanol–water partition coefficient (Wildman–Crippen LogP) is 2.09. The van der Waals surface area contributed by atoms with E-state index in [9.17, 15) is 14.4 Å². The van der Waals surface area contributed by atoms with E-state index in [1.807, 2.05) is 24.0 Å². The van der Waals surface area contributed by atoms with Gasteiger partial charge in [0.2, 0.25) is 11.8 Å². The maximum absolute atomic E-state index is 12.0. The highest BCUT2D eigenvalue weighted by Crippen LogP contribution is 2.09. The number of benzene rings is 1. The average Bonchev–Trinajstić information content (AvgIpc) is 3.07. The third-order valence-corrected chi connectivity index (χ3v) is 4.07. The molecule has 5 heteroatoms. The van der Waals surface area contributed by atoms with Crippen LogP contribution < -0.4 is 5.32 Å². The van der Waals surface area contributed by atoms with Gasteiger partial charge in [0.15, 0.2) is 5.78 Å². The summed E-state index contributed by atoms with van der Waals surface area (Å²) in [6.07, 6.45) is 2.82. The number of ketones is 1. The lowest BCUT2D eigenvalue weighted by Gasteiger charge is -2.15. The summed E-state index contributed by atoms with van der Waals surface area (Å²) in [7, 11) is 0. The number of hydrogen-bond acceptors (Lipinski definition) is 3. The number of carbonyl (C=O) groups is 3. The van der Waals surface area contributed by atoms with Crippen molar-refractivity contribution in [2.75, 3.05) is 19.6 Å². The summed E-state index contributed by atoms with van der Waals surface area (Å²) in [6, 6.07) is 7.34. The smallest absolute Gasteiger partial charge is 0.224 e. The summed E-state index contributed by atoms with van der Waals surface area (Å²) in [5.74, 6) is -0.119. The SMILES string of the molecule is Cc1ccc(C(=O)CCC(=O)NCCC(=O)N2CCCC2)cc1. The van der Waals surface area contributed by atoms with Crippen LogP contribution in [0.3, 0.4) is 0 Å². The summed E-state index contributed by atoms with van der Waals surface area (Å²) < 4.78 is 0. The number of Topliss-reactive ketones (excluding diaryl/α,β-unsaturated/α-hetero) is 1. The molecule has 23 heavy (non-hydrogen) atoms. The standard InChI is InChI=1S/C18H24N2O3/c1-14-4-6-15(7-5-14)16(21)8-9-17(22)19-11-10-18(23)20-12-2-3-13-20/h4-7H,2-3,8-13H2,1H3,(H,19,22). The normalized spacial score (nSPS) is 13.9. The maximum atomic E-state index is 12.0. The molecule has 1 aromatic carbocycles. The molecule has 1 aromatic rings. The molecule has 1 saturated heterocycles. The van der Waals surface area contributed by atoms with Gasteiger partial charge in [0.1, 0.15) is 0 Å². The van der Waals surface area contributed by atoms with Crippen molar-refractivity contribution in [2.24, 2.45) is 0 Å². The van der Waals surface area contributed by atoms with Gasteiger partial charge in [0.05, 0.1) is 0 Å². The molecule has 0 bridgehead atoms. The van der Waals surface area contributed by atoms with Crippen LogP contribution in [0.2, 0.25) is 0 Å². The van der Waals surface area contributed by atoms with E-state index in [0.717, 1.165) is 31.5 Å². The Bertz CT molecular complexity index is 560. The zero-order valence-electron chi connectivity index (χ0n) is 13.6. The van der Waals surface area contributed by atoms with E-state index in [-0.39, 0.29) is 30.4 Å². The number of rotatable bonds is 7. The molecule has 1 fully saturated rings. The number of amides is 2. The van der Waals surface area contributed by atoms with E-state index in [0.29, 0.717) is 18.5 Å². The number of hydrogen-bond donors (Lipinski definition) is 1. The minimum absolute atomic E-state index is 0.0340. The molecule has 1 heterocycles. The fourth-order valence-electron chi connectivity index (χ4n) is 2.63. The number of carbonyl (C=O) groups excluding carboxylic acids is 3. The molecule has 2 rings (SSSR count). The topological polar surface area (TPSA) is 66.5 Å². The Balaban J connectivity index is 1.63. The summed E-state index contributed by atoms with van der Waals surface area (Å²) in [6.45, 7) is 3.97. The van der Waals surface area contributed by atoms with Gasteiger partial charge in [-0.2, -0.15) is 0 Å². The highest BCUT2D eigenvalue weighted by atomic mass is 16.2. The lowest BCUT2D eigenvalue weighted by Crippen LogP contribution is -2.32. The summed E-state index contributed by atoms with van der Waals surface area (Å²) in [5.41, 5.74) is 1.73. The second kappa shape index (κ2) is 8.46. The van der Waals surface area contributed by atoms with Gasteiger partial charge in [0, 0.05) is 44.5 Å². The summed E-state index contributed by atoms with van der Waals surface area (Å²) in [4.78, 5) is 37.4. The number of aryl methyl sites for hydroxylation is 1. The number of nitrogens with one attached hydrogen (secondary N) is 1. The Morgan fingerprint density at radius 1 is 1.00 bits per heavy atom. The van der Waals surface area contributed by atoms with E-state index in [1.54, 1.807) is 12.1 Å². The van der Waals surface area contributed by atoms with Crippen LogP contribution in [0, 0.1) is 6.92 Å². The van der Waals surface area contributed by atoms with Crippen LogP contribution in [0.5, 0.6) is 0 Å². The van der Waals surface area contributed by atoms with Crippen molar-refractivity contribution in [1.29, 1.82) is 0 Å². The molecular weight excluding hydrogens is 292 g/mol. The van der Waals surface area contributed by atoms with E-state index < -0.39 is 0 Å². The molecule has 0 radical (unpaired) electrons. The molecule has 1 aliphatic rings. The zero-order valence-corrected chi connectivity index (χ0v) is 13.6. The Labute approximate surface area is 137 Å². The fourth-order valence-corrected chi connectivity index (χ4v) is 2.63. The van der Waals surface area contributed by atoms with E-state index in [1.165, 1.54) is 0 Å². The first-order valence-electron chi connectivity index (χ1n) is 8.20. The molecule has 0 aliphatic carbocycles. The Morgan fingerprint density at radius 3 is 2.30 bits per heavy atom. The average molecular weight is 316 g/mol. The first-order valence-corrected chi connectivity index (χ1v) is 8.20. The molecule has 124 valence electrons. The fraction of sp³-hybridized carbons (Fsp3) is 0.500. The van der Waals surface area contributed by atoms with E-state index in [2.05, 4.69) is 5.32 Å². The van der Waals surface area contributed by atoms with Gasteiger partial charge in [-0.3, -0.25) is 14.4 Å². The first kappa shape index (κ1) is 17.2. The molecule has 2 amide bonds. The van der Waals surface area contributed by atoms with Crippen LogP contribution >= 0.6 is 0 Å². The zero-order chi connectivity index (χ0) is 16.7. The molecule has 0 spiro atoms. The summed E-state index contributed by atoms with van der Waals surface area (Å²) >= 11 is 0. The van der Waals surface area contributed by atoms with Gasteiger partial charge < -0.3 is 10.2 Å². The summed E-state index contributed by atoms with van der Waals surface area (Å²) in [5, 5.41) is 2.71. The van der Waals surface area contributed by atoms with Gasteiger partial charge in [-0.1, -0.05) is 29.8 Å². The van der Waals surface area contributed by atoms with Crippen molar-refractivity contribution in [3.8, 4) is 0 Å². The quantitative estimate of drug-likeness (QED) is 0.783. The van der Waals surface area contributed by atoms with Gasteiger partial charge >= 0.3 is 0 Å². The first-order chi connectivity index (χ1) is 11.1.